The molecule has 1 fully saturated rings. The van der Waals surface area contributed by atoms with Gasteiger partial charge < -0.3 is 19.5 Å². The Bertz CT molecular complexity index is 291. The zero-order valence-electron chi connectivity index (χ0n) is 11.4. The van der Waals surface area contributed by atoms with Crippen molar-refractivity contribution in [2.75, 3.05) is 19.8 Å². The lowest BCUT2D eigenvalue weighted by molar-refractivity contribution is -0.150. The van der Waals surface area contributed by atoms with Gasteiger partial charge in [0, 0.05) is 12.6 Å². The van der Waals surface area contributed by atoms with Crippen LogP contribution in [0.3, 0.4) is 0 Å². The average molecular weight is 257 g/mol. The summed E-state index contributed by atoms with van der Waals surface area (Å²) in [6.45, 7) is 10.7. The zero-order chi connectivity index (χ0) is 13.6. The van der Waals surface area contributed by atoms with E-state index in [1.807, 2.05) is 13.8 Å². The van der Waals surface area contributed by atoms with Crippen molar-refractivity contribution in [1.82, 2.24) is 5.32 Å². The number of carbonyl (C=O) groups is 1. The maximum absolute atomic E-state index is 11.6. The van der Waals surface area contributed by atoms with E-state index in [9.17, 15) is 4.79 Å². The highest BCUT2D eigenvalue weighted by atomic mass is 16.7. The van der Waals surface area contributed by atoms with Crippen molar-refractivity contribution in [3.05, 3.63) is 12.7 Å². The Morgan fingerprint density at radius 3 is 2.89 bits per heavy atom. The first-order valence-electron chi connectivity index (χ1n) is 6.30. The Morgan fingerprint density at radius 1 is 1.67 bits per heavy atom. The van der Waals surface area contributed by atoms with E-state index >= 15 is 0 Å². The normalized spacial score (nSPS) is 23.6. The van der Waals surface area contributed by atoms with Crippen LogP contribution in [0.4, 0.5) is 0 Å². The third-order valence-electron chi connectivity index (χ3n) is 2.70. The summed E-state index contributed by atoms with van der Waals surface area (Å²) >= 11 is 0. The van der Waals surface area contributed by atoms with Crippen LogP contribution in [0, 0.1) is 0 Å². The van der Waals surface area contributed by atoms with E-state index in [1.54, 1.807) is 13.0 Å². The van der Waals surface area contributed by atoms with Gasteiger partial charge in [-0.1, -0.05) is 6.08 Å². The predicted molar refractivity (Wildman–Crippen MR) is 68.1 cm³/mol. The van der Waals surface area contributed by atoms with E-state index in [1.165, 1.54) is 0 Å². The Hall–Kier alpha value is -0.910. The lowest BCUT2D eigenvalue weighted by Gasteiger charge is -2.24. The Morgan fingerprint density at radius 2 is 2.39 bits per heavy atom. The second kappa shape index (κ2) is 6.87. The molecule has 1 rings (SSSR count). The van der Waals surface area contributed by atoms with Crippen molar-refractivity contribution >= 4 is 5.97 Å². The monoisotopic (exact) mass is 257 g/mol. The smallest absolute Gasteiger partial charge is 0.307 e. The molecule has 1 aliphatic rings. The minimum absolute atomic E-state index is 0.121. The minimum Gasteiger partial charge on any atom is -0.466 e. The van der Waals surface area contributed by atoms with Gasteiger partial charge in [0.1, 0.15) is 6.10 Å². The van der Waals surface area contributed by atoms with Crippen molar-refractivity contribution in [2.45, 2.75) is 45.1 Å². The Balaban J connectivity index is 2.55. The second-order valence-electron chi connectivity index (χ2n) is 4.68. The first-order chi connectivity index (χ1) is 8.48. The lowest BCUT2D eigenvalue weighted by Crippen LogP contribution is -2.43. The molecule has 0 aliphatic carbocycles. The lowest BCUT2D eigenvalue weighted by atomic mass is 10.1. The van der Waals surface area contributed by atoms with Gasteiger partial charge in [0.05, 0.1) is 19.6 Å². The van der Waals surface area contributed by atoms with E-state index in [-0.39, 0.29) is 24.5 Å². The highest BCUT2D eigenvalue weighted by molar-refractivity contribution is 5.70. The van der Waals surface area contributed by atoms with Gasteiger partial charge in [-0.2, -0.15) is 0 Å². The fourth-order valence-electron chi connectivity index (χ4n) is 1.88. The van der Waals surface area contributed by atoms with Crippen LogP contribution in [0.2, 0.25) is 0 Å². The largest absolute Gasteiger partial charge is 0.466 e. The highest BCUT2D eigenvalue weighted by Crippen LogP contribution is 2.25. The fourth-order valence-corrected chi connectivity index (χ4v) is 1.88. The molecule has 0 spiro atoms. The summed E-state index contributed by atoms with van der Waals surface area (Å²) in [6.07, 6.45) is 1.87. The second-order valence-corrected chi connectivity index (χ2v) is 4.68. The molecule has 0 aromatic heterocycles. The summed E-state index contributed by atoms with van der Waals surface area (Å²) in [4.78, 5) is 11.6. The molecular formula is C13H23NO4. The summed E-state index contributed by atoms with van der Waals surface area (Å²) in [5, 5.41) is 3.21. The molecule has 0 unspecified atom stereocenters. The van der Waals surface area contributed by atoms with E-state index in [2.05, 4.69) is 11.9 Å². The summed E-state index contributed by atoms with van der Waals surface area (Å²) in [6, 6.07) is -0.121. The van der Waals surface area contributed by atoms with Crippen LogP contribution in [0.5, 0.6) is 0 Å². The molecule has 1 heterocycles. The molecule has 5 heteroatoms. The van der Waals surface area contributed by atoms with Crippen molar-refractivity contribution < 1.29 is 19.0 Å². The summed E-state index contributed by atoms with van der Waals surface area (Å²) in [7, 11) is 0. The molecule has 0 bridgehead atoms. The number of ether oxygens (including phenoxy) is 3. The molecule has 0 aromatic rings. The number of rotatable bonds is 7. The zero-order valence-corrected chi connectivity index (χ0v) is 11.4. The van der Waals surface area contributed by atoms with Gasteiger partial charge in [0.15, 0.2) is 5.79 Å². The average Bonchev–Trinajstić information content (AvgIpc) is 2.65. The van der Waals surface area contributed by atoms with Crippen LogP contribution in [-0.2, 0) is 19.0 Å². The van der Waals surface area contributed by atoms with Gasteiger partial charge in [0.25, 0.3) is 0 Å². The van der Waals surface area contributed by atoms with Crippen molar-refractivity contribution in [1.29, 1.82) is 0 Å². The van der Waals surface area contributed by atoms with Crippen LogP contribution in [0.15, 0.2) is 12.7 Å². The number of esters is 1. The summed E-state index contributed by atoms with van der Waals surface area (Å²) in [5.74, 6) is -0.819. The van der Waals surface area contributed by atoms with Crippen LogP contribution in [0.1, 0.15) is 27.2 Å². The number of hydrogen-bond donors (Lipinski definition) is 1. The highest BCUT2D eigenvalue weighted by Gasteiger charge is 2.38. The van der Waals surface area contributed by atoms with Gasteiger partial charge >= 0.3 is 5.97 Å². The van der Waals surface area contributed by atoms with Crippen molar-refractivity contribution in [3.63, 3.8) is 0 Å². The molecule has 1 N–H and O–H groups in total. The fraction of sp³-hybridized carbons (Fsp3) is 0.769. The van der Waals surface area contributed by atoms with Gasteiger partial charge in [-0.15, -0.1) is 6.58 Å². The SMILES string of the molecule is C=CCN[C@H](CC(=O)OCC)[C@H]1COC(C)(C)O1. The molecular weight excluding hydrogens is 234 g/mol. The summed E-state index contributed by atoms with van der Waals surface area (Å²) < 4.78 is 16.2. The number of carbonyl (C=O) groups excluding carboxylic acids is 1. The first kappa shape index (κ1) is 15.1. The maximum atomic E-state index is 11.6. The van der Waals surface area contributed by atoms with Crippen molar-refractivity contribution in [2.24, 2.45) is 0 Å². The van der Waals surface area contributed by atoms with Crippen LogP contribution < -0.4 is 5.32 Å². The predicted octanol–water partition coefficient (Wildman–Crippen LogP) is 1.24. The number of nitrogens with one attached hydrogen (secondary N) is 1. The molecule has 104 valence electrons. The maximum Gasteiger partial charge on any atom is 0.307 e. The molecule has 18 heavy (non-hydrogen) atoms. The van der Waals surface area contributed by atoms with Crippen LogP contribution in [0.25, 0.3) is 0 Å². The van der Waals surface area contributed by atoms with Crippen molar-refractivity contribution in [3.8, 4) is 0 Å². The molecule has 0 aromatic carbocycles. The third-order valence-corrected chi connectivity index (χ3v) is 2.70. The molecule has 5 nitrogen and oxygen atoms in total. The van der Waals surface area contributed by atoms with E-state index in [4.69, 9.17) is 14.2 Å². The van der Waals surface area contributed by atoms with E-state index in [0.717, 1.165) is 0 Å². The van der Waals surface area contributed by atoms with E-state index < -0.39 is 5.79 Å². The van der Waals surface area contributed by atoms with Crippen LogP contribution in [-0.4, -0.2) is 43.7 Å². The molecule has 1 saturated heterocycles. The molecule has 2 atom stereocenters. The quantitative estimate of drug-likeness (QED) is 0.549. The van der Waals surface area contributed by atoms with Crippen LogP contribution >= 0.6 is 0 Å². The van der Waals surface area contributed by atoms with Gasteiger partial charge in [-0.3, -0.25) is 4.79 Å². The Labute approximate surface area is 108 Å². The number of hydrogen-bond acceptors (Lipinski definition) is 5. The molecule has 0 radical (unpaired) electrons. The van der Waals surface area contributed by atoms with Gasteiger partial charge in [-0.05, 0) is 20.8 Å². The van der Waals surface area contributed by atoms with Gasteiger partial charge in [0.2, 0.25) is 0 Å². The first-order valence-corrected chi connectivity index (χ1v) is 6.30. The van der Waals surface area contributed by atoms with Gasteiger partial charge in [-0.25, -0.2) is 0 Å². The van der Waals surface area contributed by atoms with E-state index in [0.29, 0.717) is 19.8 Å². The third kappa shape index (κ3) is 4.76. The topological polar surface area (TPSA) is 56.8 Å². The molecule has 1 aliphatic heterocycles. The molecule has 0 amide bonds. The minimum atomic E-state index is -0.590. The summed E-state index contributed by atoms with van der Waals surface area (Å²) in [5.41, 5.74) is 0. The Kier molecular flexibility index (Phi) is 5.78. The molecule has 0 saturated carbocycles. The standard InChI is InChI=1S/C13H23NO4/c1-5-7-14-10(8-12(15)16-6-2)11-9-17-13(3,4)18-11/h5,10-11,14H,1,6-9H2,2-4H3/t10-,11-/m1/s1.